The van der Waals surface area contributed by atoms with Gasteiger partial charge in [0.2, 0.25) is 15.9 Å². The van der Waals surface area contributed by atoms with Gasteiger partial charge in [0.15, 0.2) is 0 Å². The fraction of sp³-hybridized carbons (Fsp3) is 0.389. The van der Waals surface area contributed by atoms with E-state index in [0.717, 1.165) is 0 Å². The molecule has 0 radical (unpaired) electrons. The number of carbonyl (C=O) groups excluding carboxylic acids is 1. The fourth-order valence-corrected chi connectivity index (χ4v) is 5.58. The third kappa shape index (κ3) is 5.09. The van der Waals surface area contributed by atoms with E-state index < -0.39 is 21.9 Å². The summed E-state index contributed by atoms with van der Waals surface area (Å²) < 4.78 is 40.9. The Hall–Kier alpha value is -1.52. The second-order valence-electron chi connectivity index (χ2n) is 6.66. The van der Waals surface area contributed by atoms with Crippen molar-refractivity contribution in [3.8, 4) is 0 Å². The number of piperidine rings is 1. The molecule has 2 N–H and O–H groups in total. The number of carbonyl (C=O) groups is 1. The molecule has 1 saturated heterocycles. The predicted molar refractivity (Wildman–Crippen MR) is 109 cm³/mol. The van der Waals surface area contributed by atoms with Crippen LogP contribution in [0.1, 0.15) is 19.8 Å². The maximum absolute atomic E-state index is 13.2. The van der Waals surface area contributed by atoms with Gasteiger partial charge in [-0.3, -0.25) is 9.69 Å². The molecule has 1 aliphatic heterocycles. The van der Waals surface area contributed by atoms with Gasteiger partial charge >= 0.3 is 0 Å². The molecule has 1 aliphatic rings. The van der Waals surface area contributed by atoms with Crippen LogP contribution in [0.25, 0.3) is 0 Å². The average Bonchev–Trinajstić information content (AvgIpc) is 3.20. The van der Waals surface area contributed by atoms with Crippen LogP contribution in [-0.4, -0.2) is 44.4 Å². The molecule has 0 bridgehead atoms. The highest BCUT2D eigenvalue weighted by Gasteiger charge is 2.29. The number of benzene rings is 1. The van der Waals surface area contributed by atoms with E-state index in [1.807, 2.05) is 4.90 Å². The van der Waals surface area contributed by atoms with Crippen molar-refractivity contribution in [2.45, 2.75) is 36.1 Å². The van der Waals surface area contributed by atoms with Crippen LogP contribution in [0.2, 0.25) is 5.02 Å². The number of thiophene rings is 1. The standard InChI is InChI=1S/C18H21ClFN3O3S2/c1-12(18(24)21-14-4-5-16(20)15(19)11-14)23-8-6-13(7-9-23)22-28(25,26)17-3-2-10-27-17/h2-5,10-13,22H,6-9H2,1H3,(H,21,24)/t12-/m1/s1. The summed E-state index contributed by atoms with van der Waals surface area (Å²) in [4.78, 5) is 14.5. The van der Waals surface area contributed by atoms with E-state index in [9.17, 15) is 17.6 Å². The lowest BCUT2D eigenvalue weighted by atomic mass is 10.0. The molecule has 6 nitrogen and oxygen atoms in total. The molecule has 0 unspecified atom stereocenters. The molecule has 1 fully saturated rings. The highest BCUT2D eigenvalue weighted by molar-refractivity contribution is 7.91. The molecule has 28 heavy (non-hydrogen) atoms. The zero-order valence-corrected chi connectivity index (χ0v) is 17.6. The van der Waals surface area contributed by atoms with Gasteiger partial charge in [-0.15, -0.1) is 11.3 Å². The van der Waals surface area contributed by atoms with Crippen LogP contribution in [0.5, 0.6) is 0 Å². The quantitative estimate of drug-likeness (QED) is 0.715. The molecule has 1 aromatic heterocycles. The van der Waals surface area contributed by atoms with E-state index in [4.69, 9.17) is 11.6 Å². The van der Waals surface area contributed by atoms with Gasteiger partial charge in [0, 0.05) is 24.8 Å². The van der Waals surface area contributed by atoms with Gasteiger partial charge in [0.25, 0.3) is 0 Å². The van der Waals surface area contributed by atoms with Crippen molar-refractivity contribution in [2.75, 3.05) is 18.4 Å². The smallest absolute Gasteiger partial charge is 0.250 e. The van der Waals surface area contributed by atoms with Crippen LogP contribution < -0.4 is 10.0 Å². The molecular formula is C18H21ClFN3O3S2. The lowest BCUT2D eigenvalue weighted by Crippen LogP contribution is -2.50. The third-order valence-electron chi connectivity index (χ3n) is 4.73. The van der Waals surface area contributed by atoms with E-state index >= 15 is 0 Å². The molecule has 10 heteroatoms. The molecule has 152 valence electrons. The van der Waals surface area contributed by atoms with Crippen molar-refractivity contribution in [3.05, 3.63) is 46.6 Å². The summed E-state index contributed by atoms with van der Waals surface area (Å²) in [6.07, 6.45) is 1.23. The normalized spacial score (nSPS) is 17.4. The molecule has 1 aromatic carbocycles. The number of rotatable bonds is 6. The summed E-state index contributed by atoms with van der Waals surface area (Å²) in [5.74, 6) is -0.764. The Morgan fingerprint density at radius 1 is 1.32 bits per heavy atom. The molecule has 0 spiro atoms. The van der Waals surface area contributed by atoms with Crippen LogP contribution in [0, 0.1) is 5.82 Å². The van der Waals surface area contributed by atoms with Crippen LogP contribution in [-0.2, 0) is 14.8 Å². The van der Waals surface area contributed by atoms with Gasteiger partial charge in [-0.25, -0.2) is 17.5 Å². The maximum Gasteiger partial charge on any atom is 0.250 e. The van der Waals surface area contributed by atoms with Crippen LogP contribution in [0.3, 0.4) is 0 Å². The first-order chi connectivity index (χ1) is 13.3. The van der Waals surface area contributed by atoms with Gasteiger partial charge < -0.3 is 5.32 Å². The van der Waals surface area contributed by atoms with E-state index in [2.05, 4.69) is 10.0 Å². The SMILES string of the molecule is C[C@H](C(=O)Nc1ccc(F)c(Cl)c1)N1CCC(NS(=O)(=O)c2cccs2)CC1. The van der Waals surface area contributed by atoms with Crippen molar-refractivity contribution in [2.24, 2.45) is 0 Å². The monoisotopic (exact) mass is 445 g/mol. The first-order valence-electron chi connectivity index (χ1n) is 8.82. The lowest BCUT2D eigenvalue weighted by molar-refractivity contribution is -0.121. The Balaban J connectivity index is 1.52. The third-order valence-corrected chi connectivity index (χ3v) is 7.93. The topological polar surface area (TPSA) is 78.5 Å². The van der Waals surface area contributed by atoms with Gasteiger partial charge in [0.1, 0.15) is 10.0 Å². The fourth-order valence-electron chi connectivity index (χ4n) is 3.08. The minimum Gasteiger partial charge on any atom is -0.325 e. The number of halogens is 2. The number of anilines is 1. The molecule has 0 aliphatic carbocycles. The molecule has 3 rings (SSSR count). The molecule has 0 saturated carbocycles. The second kappa shape index (κ2) is 8.87. The summed E-state index contributed by atoms with van der Waals surface area (Å²) in [5, 5.41) is 4.41. The van der Waals surface area contributed by atoms with E-state index in [1.54, 1.807) is 24.4 Å². The van der Waals surface area contributed by atoms with Gasteiger partial charge in [0.05, 0.1) is 11.1 Å². The highest BCUT2D eigenvalue weighted by Crippen LogP contribution is 2.22. The zero-order valence-electron chi connectivity index (χ0n) is 15.2. The first kappa shape index (κ1) is 21.2. The van der Waals surface area contributed by atoms with Crippen LogP contribution in [0.4, 0.5) is 10.1 Å². The Kier molecular flexibility index (Phi) is 6.72. The molecular weight excluding hydrogens is 425 g/mol. The van der Waals surface area contributed by atoms with Crippen molar-refractivity contribution >= 4 is 44.6 Å². The van der Waals surface area contributed by atoms with Gasteiger partial charge in [-0.2, -0.15) is 0 Å². The predicted octanol–water partition coefficient (Wildman–Crippen LogP) is 3.31. The van der Waals surface area contributed by atoms with Crippen LogP contribution >= 0.6 is 22.9 Å². The summed E-state index contributed by atoms with van der Waals surface area (Å²) >= 11 is 6.92. The second-order valence-corrected chi connectivity index (χ2v) is 9.95. The summed E-state index contributed by atoms with van der Waals surface area (Å²) in [7, 11) is -3.49. The van der Waals surface area contributed by atoms with Crippen molar-refractivity contribution in [1.29, 1.82) is 0 Å². The number of amides is 1. The van der Waals surface area contributed by atoms with Gasteiger partial charge in [-0.05, 0) is 49.4 Å². The van der Waals surface area contributed by atoms with E-state index in [-0.39, 0.29) is 17.0 Å². The van der Waals surface area contributed by atoms with Crippen molar-refractivity contribution in [3.63, 3.8) is 0 Å². The minimum absolute atomic E-state index is 0.0516. The lowest BCUT2D eigenvalue weighted by Gasteiger charge is -2.35. The largest absolute Gasteiger partial charge is 0.325 e. The maximum atomic E-state index is 13.2. The molecule has 1 atom stereocenters. The summed E-state index contributed by atoms with van der Waals surface area (Å²) in [6.45, 7) is 2.98. The number of nitrogens with one attached hydrogen (secondary N) is 2. The van der Waals surface area contributed by atoms with Crippen molar-refractivity contribution in [1.82, 2.24) is 9.62 Å². The Bertz CT molecular complexity index is 930. The van der Waals surface area contributed by atoms with Gasteiger partial charge in [-0.1, -0.05) is 17.7 Å². The van der Waals surface area contributed by atoms with E-state index in [0.29, 0.717) is 35.8 Å². The Labute approximate surface area is 172 Å². The molecule has 1 amide bonds. The number of sulfonamides is 1. The summed E-state index contributed by atoms with van der Waals surface area (Å²) in [5.41, 5.74) is 0.432. The Morgan fingerprint density at radius 2 is 2.04 bits per heavy atom. The van der Waals surface area contributed by atoms with Crippen molar-refractivity contribution < 1.29 is 17.6 Å². The number of hydrogen-bond acceptors (Lipinski definition) is 5. The molecule has 2 heterocycles. The number of hydrogen-bond donors (Lipinski definition) is 2. The van der Waals surface area contributed by atoms with Crippen LogP contribution in [0.15, 0.2) is 39.9 Å². The summed E-state index contributed by atoms with van der Waals surface area (Å²) in [6, 6.07) is 6.75. The highest BCUT2D eigenvalue weighted by atomic mass is 35.5. The number of likely N-dealkylation sites (tertiary alicyclic amines) is 1. The minimum atomic E-state index is -3.49. The van der Waals surface area contributed by atoms with E-state index in [1.165, 1.54) is 29.5 Å². The first-order valence-corrected chi connectivity index (χ1v) is 11.6. The Morgan fingerprint density at radius 3 is 2.64 bits per heavy atom. The molecule has 2 aromatic rings. The number of nitrogens with zero attached hydrogens (tertiary/aromatic N) is 1. The zero-order chi connectivity index (χ0) is 20.3. The average molecular weight is 446 g/mol.